The van der Waals surface area contributed by atoms with Crippen LogP contribution in [0, 0.1) is 13.8 Å². The zero-order valence-electron chi connectivity index (χ0n) is 21.7. The number of hydrogen-bond acceptors (Lipinski definition) is 8. The van der Waals surface area contributed by atoms with Gasteiger partial charge in [0.25, 0.3) is 0 Å². The lowest BCUT2D eigenvalue weighted by molar-refractivity contribution is 0.194. The van der Waals surface area contributed by atoms with Crippen LogP contribution in [0.1, 0.15) is 30.4 Å². The van der Waals surface area contributed by atoms with Crippen molar-refractivity contribution < 1.29 is 28.2 Å². The highest BCUT2D eigenvalue weighted by Gasteiger charge is 2.22. The lowest BCUT2D eigenvalue weighted by Gasteiger charge is -2.14. The van der Waals surface area contributed by atoms with E-state index in [2.05, 4.69) is 9.97 Å². The molecule has 0 saturated heterocycles. The van der Waals surface area contributed by atoms with E-state index in [1.807, 2.05) is 35.8 Å². The Bertz CT molecular complexity index is 1820. The average molecular weight is 546 g/mol. The van der Waals surface area contributed by atoms with E-state index in [1.54, 1.807) is 44.3 Å². The molecule has 3 N–H and O–H groups in total. The van der Waals surface area contributed by atoms with E-state index in [9.17, 15) is 23.7 Å². The minimum atomic E-state index is -3.41. The number of sulfone groups is 1. The normalized spacial score (nSPS) is 12.5. The van der Waals surface area contributed by atoms with E-state index in [0.29, 0.717) is 51.2 Å². The molecule has 0 spiro atoms. The van der Waals surface area contributed by atoms with Gasteiger partial charge in [-0.2, -0.15) is 0 Å². The quantitative estimate of drug-likeness (QED) is 0.243. The number of rotatable bonds is 6. The lowest BCUT2D eigenvalue weighted by Crippen LogP contribution is -2.00. The molecular weight excluding hydrogens is 518 g/mol. The number of imidazole rings is 1. The van der Waals surface area contributed by atoms with E-state index < -0.39 is 15.9 Å². The average Bonchev–Trinajstić information content (AvgIpc) is 3.47. The van der Waals surface area contributed by atoms with Crippen molar-refractivity contribution in [3.63, 3.8) is 0 Å². The second kappa shape index (κ2) is 9.72. The number of nitrogens with zero attached hydrogens (tertiary/aromatic N) is 3. The molecule has 0 aliphatic rings. The third-order valence-corrected chi connectivity index (χ3v) is 7.52. The molecule has 10 heteroatoms. The van der Waals surface area contributed by atoms with Crippen LogP contribution in [0.4, 0.5) is 0 Å². The zero-order valence-corrected chi connectivity index (χ0v) is 22.6. The summed E-state index contributed by atoms with van der Waals surface area (Å²) in [5.74, 6) is 0.841. The second-order valence-electron chi connectivity index (χ2n) is 9.40. The minimum absolute atomic E-state index is 0.204. The Hall–Kier alpha value is -4.41. The Labute approximate surface area is 225 Å². The van der Waals surface area contributed by atoms with Crippen molar-refractivity contribution in [2.75, 3.05) is 6.26 Å². The van der Waals surface area contributed by atoms with Gasteiger partial charge in [0.05, 0.1) is 22.4 Å². The molecule has 5 aromatic rings. The number of aromatic hydroxyl groups is 2. The first-order chi connectivity index (χ1) is 18.4. The summed E-state index contributed by atoms with van der Waals surface area (Å²) in [6.45, 7) is 5.17. The van der Waals surface area contributed by atoms with Crippen LogP contribution in [0.15, 0.2) is 76.2 Å². The van der Waals surface area contributed by atoms with Crippen molar-refractivity contribution in [2.24, 2.45) is 0 Å². The summed E-state index contributed by atoms with van der Waals surface area (Å²) in [5, 5.41) is 30.1. The number of aryl methyl sites for hydroxylation is 2. The highest BCUT2D eigenvalue weighted by Crippen LogP contribution is 2.40. The Kier molecular flexibility index (Phi) is 6.53. The second-order valence-corrected chi connectivity index (χ2v) is 11.4. The Balaban J connectivity index is 1.78. The highest BCUT2D eigenvalue weighted by molar-refractivity contribution is 7.90. The van der Waals surface area contributed by atoms with E-state index in [-0.39, 0.29) is 16.4 Å². The molecule has 2 heterocycles. The third kappa shape index (κ3) is 5.04. The van der Waals surface area contributed by atoms with Crippen molar-refractivity contribution in [3.8, 4) is 50.9 Å². The van der Waals surface area contributed by atoms with Gasteiger partial charge >= 0.3 is 0 Å². The standard InChI is InChI=1S/C29H27N3O6S/c1-16(33)24-15-32(17(2)30-24)25-10-8-20(19-6-5-7-22(12-19)39(4,36)37)13-23(25)28-29(38-18(3)31-28)21-9-11-26(34)27(35)14-21/h5-16,33-35H,1-4H3. The largest absolute Gasteiger partial charge is 0.504 e. The highest BCUT2D eigenvalue weighted by atomic mass is 32.2. The van der Waals surface area contributed by atoms with E-state index in [0.717, 1.165) is 5.56 Å². The van der Waals surface area contributed by atoms with Gasteiger partial charge < -0.3 is 24.3 Å². The molecule has 39 heavy (non-hydrogen) atoms. The number of phenols is 2. The van der Waals surface area contributed by atoms with E-state index >= 15 is 0 Å². The molecule has 0 radical (unpaired) electrons. The predicted octanol–water partition coefficient (Wildman–Crippen LogP) is 5.35. The van der Waals surface area contributed by atoms with Crippen LogP contribution in [0.2, 0.25) is 0 Å². The molecule has 0 fully saturated rings. The van der Waals surface area contributed by atoms with Crippen LogP contribution in [-0.4, -0.2) is 44.5 Å². The van der Waals surface area contributed by atoms with Gasteiger partial charge in [-0.1, -0.05) is 18.2 Å². The van der Waals surface area contributed by atoms with Crippen LogP contribution >= 0.6 is 0 Å². The smallest absolute Gasteiger partial charge is 0.192 e. The minimum Gasteiger partial charge on any atom is -0.504 e. The van der Waals surface area contributed by atoms with Crippen LogP contribution in [0.25, 0.3) is 39.4 Å². The van der Waals surface area contributed by atoms with Crippen LogP contribution in [0.5, 0.6) is 11.5 Å². The van der Waals surface area contributed by atoms with Gasteiger partial charge in [-0.05, 0) is 67.4 Å². The van der Waals surface area contributed by atoms with Gasteiger partial charge in [0.2, 0.25) is 0 Å². The molecule has 2 aromatic heterocycles. The lowest BCUT2D eigenvalue weighted by atomic mass is 9.98. The van der Waals surface area contributed by atoms with Gasteiger partial charge in [0, 0.05) is 30.5 Å². The number of benzene rings is 3. The van der Waals surface area contributed by atoms with E-state index in [4.69, 9.17) is 4.42 Å². The molecule has 1 unspecified atom stereocenters. The Morgan fingerprint density at radius 1 is 0.897 bits per heavy atom. The molecule has 0 amide bonds. The molecule has 200 valence electrons. The van der Waals surface area contributed by atoms with Crippen LogP contribution in [-0.2, 0) is 9.84 Å². The maximum Gasteiger partial charge on any atom is 0.192 e. The molecule has 0 saturated carbocycles. The van der Waals surface area contributed by atoms with Gasteiger partial charge in [0.1, 0.15) is 11.5 Å². The molecule has 1 atom stereocenters. The van der Waals surface area contributed by atoms with Crippen LogP contribution in [0.3, 0.4) is 0 Å². The van der Waals surface area contributed by atoms with Gasteiger partial charge in [0.15, 0.2) is 33.0 Å². The fraction of sp³-hybridized carbons (Fsp3) is 0.172. The Morgan fingerprint density at radius 3 is 2.28 bits per heavy atom. The first-order valence-electron chi connectivity index (χ1n) is 12.1. The zero-order chi connectivity index (χ0) is 28.1. The summed E-state index contributed by atoms with van der Waals surface area (Å²) < 4.78 is 32.2. The van der Waals surface area contributed by atoms with Crippen molar-refractivity contribution in [1.29, 1.82) is 0 Å². The number of aromatic nitrogens is 3. The molecule has 0 aliphatic heterocycles. The number of aliphatic hydroxyl groups excluding tert-OH is 1. The first-order valence-corrected chi connectivity index (χ1v) is 14.0. The third-order valence-electron chi connectivity index (χ3n) is 6.41. The SMILES string of the molecule is Cc1nc(-c2cc(-c3cccc(S(C)(=O)=O)c3)ccc2-n2cc(C(C)O)nc2C)c(-c2ccc(O)c(O)c2)o1. The summed E-state index contributed by atoms with van der Waals surface area (Å²) in [4.78, 5) is 9.36. The van der Waals surface area contributed by atoms with Gasteiger partial charge in [-0.15, -0.1) is 0 Å². The van der Waals surface area contributed by atoms with Crippen molar-refractivity contribution in [3.05, 3.63) is 84.3 Å². The molecule has 0 aliphatic carbocycles. The number of phenolic OH excluding ortho intramolecular Hbond substituents is 2. The number of oxazole rings is 1. The maximum absolute atomic E-state index is 12.2. The monoisotopic (exact) mass is 545 g/mol. The predicted molar refractivity (Wildman–Crippen MR) is 146 cm³/mol. The van der Waals surface area contributed by atoms with Gasteiger partial charge in [-0.25, -0.2) is 18.4 Å². The molecule has 5 rings (SSSR count). The molecule has 0 bridgehead atoms. The summed E-state index contributed by atoms with van der Waals surface area (Å²) in [7, 11) is -3.41. The van der Waals surface area contributed by atoms with Crippen molar-refractivity contribution in [1.82, 2.24) is 14.5 Å². The summed E-state index contributed by atoms with van der Waals surface area (Å²) in [6, 6.07) is 16.7. The topological polar surface area (TPSA) is 139 Å². The first kappa shape index (κ1) is 26.2. The molecule has 9 nitrogen and oxygen atoms in total. The van der Waals surface area contributed by atoms with Crippen molar-refractivity contribution >= 4 is 9.84 Å². The number of hydrogen-bond donors (Lipinski definition) is 3. The summed E-state index contributed by atoms with van der Waals surface area (Å²) in [6.07, 6.45) is 2.15. The summed E-state index contributed by atoms with van der Waals surface area (Å²) in [5.41, 5.74) is 4.27. The van der Waals surface area contributed by atoms with Crippen LogP contribution < -0.4 is 0 Å². The molecule has 3 aromatic carbocycles. The van der Waals surface area contributed by atoms with E-state index in [1.165, 1.54) is 18.4 Å². The fourth-order valence-electron chi connectivity index (χ4n) is 4.43. The molecular formula is C29H27N3O6S. The number of aliphatic hydroxyl groups is 1. The fourth-order valence-corrected chi connectivity index (χ4v) is 5.10. The summed E-state index contributed by atoms with van der Waals surface area (Å²) >= 11 is 0. The Morgan fingerprint density at radius 2 is 1.62 bits per heavy atom. The van der Waals surface area contributed by atoms with Crippen molar-refractivity contribution in [2.45, 2.75) is 31.8 Å². The van der Waals surface area contributed by atoms with Gasteiger partial charge in [-0.3, -0.25) is 0 Å². The maximum atomic E-state index is 12.2.